The number of benzene rings is 3. The summed E-state index contributed by atoms with van der Waals surface area (Å²) in [4.78, 5) is 9.91. The fourth-order valence-corrected chi connectivity index (χ4v) is 3.89. The Morgan fingerprint density at radius 1 is 0.862 bits per heavy atom. The van der Waals surface area contributed by atoms with Crippen LogP contribution in [0.25, 0.3) is 22.0 Å². The van der Waals surface area contributed by atoms with Gasteiger partial charge in [0.15, 0.2) is 0 Å². The molecule has 0 spiro atoms. The van der Waals surface area contributed by atoms with Gasteiger partial charge in [0.2, 0.25) is 0 Å². The fraction of sp³-hybridized carbons (Fsp3) is 0.185. The molecule has 1 aromatic heterocycles. The monoisotopic (exact) mass is 378 g/mol. The minimum atomic E-state index is 0.237. The molecule has 2 heteroatoms. The van der Waals surface area contributed by atoms with Crippen LogP contribution in [0.1, 0.15) is 43.5 Å². The van der Waals surface area contributed by atoms with Crippen LogP contribution in [0, 0.1) is 6.92 Å². The lowest BCUT2D eigenvalue weighted by Gasteiger charge is -2.18. The first-order valence-corrected chi connectivity index (χ1v) is 10.1. The highest BCUT2D eigenvalue weighted by Gasteiger charge is 2.18. The third kappa shape index (κ3) is 3.84. The van der Waals surface area contributed by atoms with E-state index in [0.717, 1.165) is 28.0 Å². The van der Waals surface area contributed by atoms with Gasteiger partial charge in [0.05, 0.1) is 11.2 Å². The van der Waals surface area contributed by atoms with E-state index in [9.17, 15) is 0 Å². The predicted octanol–water partition coefficient (Wildman–Crippen LogP) is 7.47. The van der Waals surface area contributed by atoms with Crippen molar-refractivity contribution in [2.24, 2.45) is 4.99 Å². The van der Waals surface area contributed by atoms with E-state index < -0.39 is 0 Å². The van der Waals surface area contributed by atoms with Crippen LogP contribution in [0.4, 0.5) is 5.69 Å². The summed E-state index contributed by atoms with van der Waals surface area (Å²) in [6.45, 7) is 8.40. The first-order chi connectivity index (χ1) is 14.0. The molecule has 144 valence electrons. The molecule has 2 nitrogen and oxygen atoms in total. The van der Waals surface area contributed by atoms with Crippen molar-refractivity contribution in [3.63, 3.8) is 0 Å². The highest BCUT2D eigenvalue weighted by molar-refractivity contribution is 6.02. The van der Waals surface area contributed by atoms with E-state index >= 15 is 0 Å². The van der Waals surface area contributed by atoms with E-state index in [1.165, 1.54) is 22.3 Å². The maximum atomic E-state index is 4.96. The maximum absolute atomic E-state index is 4.96. The van der Waals surface area contributed by atoms with Crippen LogP contribution in [0.3, 0.4) is 0 Å². The molecule has 3 aromatic carbocycles. The summed E-state index contributed by atoms with van der Waals surface area (Å²) in [5, 5.41) is 1.14. The Morgan fingerprint density at radius 2 is 1.52 bits per heavy atom. The molecule has 0 aliphatic heterocycles. The van der Waals surface area contributed by atoms with Crippen LogP contribution in [0.15, 0.2) is 83.9 Å². The lowest BCUT2D eigenvalue weighted by atomic mass is 9.89. The molecule has 0 saturated heterocycles. The molecule has 0 aliphatic carbocycles. The van der Waals surface area contributed by atoms with Gasteiger partial charge >= 0.3 is 0 Å². The average molecular weight is 379 g/mol. The molecule has 0 N–H and O–H groups in total. The van der Waals surface area contributed by atoms with E-state index in [-0.39, 0.29) is 5.92 Å². The molecule has 4 aromatic rings. The summed E-state index contributed by atoms with van der Waals surface area (Å²) in [7, 11) is 0. The summed E-state index contributed by atoms with van der Waals surface area (Å²) in [6, 6.07) is 27.7. The third-order valence-electron chi connectivity index (χ3n) is 5.30. The van der Waals surface area contributed by atoms with Crippen molar-refractivity contribution in [1.82, 2.24) is 4.98 Å². The summed E-state index contributed by atoms with van der Waals surface area (Å²) in [5.74, 6) is 0.237. The van der Waals surface area contributed by atoms with Crippen molar-refractivity contribution >= 4 is 22.3 Å². The van der Waals surface area contributed by atoms with Crippen LogP contribution < -0.4 is 0 Å². The van der Waals surface area contributed by atoms with E-state index in [1.54, 1.807) is 0 Å². The molecule has 0 amide bonds. The smallest absolute Gasteiger partial charge is 0.0970 e. The quantitative estimate of drug-likeness (QED) is 0.338. The minimum absolute atomic E-state index is 0.237. The van der Waals surface area contributed by atoms with Crippen molar-refractivity contribution < 1.29 is 0 Å². The van der Waals surface area contributed by atoms with E-state index in [4.69, 9.17) is 9.98 Å². The highest BCUT2D eigenvalue weighted by Crippen LogP contribution is 2.40. The van der Waals surface area contributed by atoms with Crippen molar-refractivity contribution in [2.75, 3.05) is 0 Å². The van der Waals surface area contributed by atoms with Crippen molar-refractivity contribution in [3.8, 4) is 11.1 Å². The molecular formula is C27H26N2. The second kappa shape index (κ2) is 8.00. The van der Waals surface area contributed by atoms with Crippen LogP contribution in [-0.4, -0.2) is 10.7 Å². The summed E-state index contributed by atoms with van der Waals surface area (Å²) in [5.41, 5.74) is 8.90. The number of nitrogens with zero attached hydrogens (tertiary/aromatic N) is 2. The Labute approximate surface area is 173 Å². The molecule has 1 unspecified atom stereocenters. The van der Waals surface area contributed by atoms with Crippen molar-refractivity contribution in [1.29, 1.82) is 0 Å². The van der Waals surface area contributed by atoms with Gasteiger partial charge in [0.1, 0.15) is 0 Å². The Bertz CT molecular complexity index is 1170. The summed E-state index contributed by atoms with van der Waals surface area (Å²) >= 11 is 0. The average Bonchev–Trinajstić information content (AvgIpc) is 2.74. The zero-order valence-corrected chi connectivity index (χ0v) is 17.5. The van der Waals surface area contributed by atoms with Gasteiger partial charge in [0.25, 0.3) is 0 Å². The van der Waals surface area contributed by atoms with Crippen LogP contribution >= 0.6 is 0 Å². The topological polar surface area (TPSA) is 25.2 Å². The lowest BCUT2D eigenvalue weighted by molar-refractivity contribution is 0.923. The number of pyridine rings is 1. The van der Waals surface area contributed by atoms with E-state index in [1.807, 2.05) is 13.8 Å². The molecular weight excluding hydrogens is 352 g/mol. The first-order valence-electron chi connectivity index (χ1n) is 10.1. The molecule has 0 aliphatic rings. The van der Waals surface area contributed by atoms with Gasteiger partial charge in [-0.25, -0.2) is 0 Å². The standard InChI is InChI=1S/C27H26N2/c1-18(2)28-26-23(20(4)21-11-7-5-8-12-21)15-16-24-25(17-19(3)29-27(24)26)22-13-9-6-10-14-22/h5-17,20H,1-4H3. The summed E-state index contributed by atoms with van der Waals surface area (Å²) < 4.78 is 0. The number of rotatable bonds is 4. The van der Waals surface area contributed by atoms with Gasteiger partial charge in [-0.3, -0.25) is 9.98 Å². The number of aryl methyl sites for hydroxylation is 1. The SMILES string of the molecule is CC(C)=Nc1c(C(C)c2ccccc2)ccc2c(-c3ccccc3)cc(C)nc12. The number of aliphatic imine (C=N–C) groups is 1. The Hall–Kier alpha value is -3.26. The van der Waals surface area contributed by atoms with Gasteiger partial charge in [-0.05, 0) is 49.1 Å². The molecule has 1 atom stereocenters. The lowest BCUT2D eigenvalue weighted by Crippen LogP contribution is -1.99. The Kier molecular flexibility index (Phi) is 5.26. The number of hydrogen-bond acceptors (Lipinski definition) is 2. The van der Waals surface area contributed by atoms with Crippen molar-refractivity contribution in [3.05, 3.63) is 95.7 Å². The van der Waals surface area contributed by atoms with Gasteiger partial charge < -0.3 is 0 Å². The molecule has 0 radical (unpaired) electrons. The number of fused-ring (bicyclic) bond motifs is 1. The normalized spacial score (nSPS) is 12.0. The Morgan fingerprint density at radius 3 is 2.17 bits per heavy atom. The maximum Gasteiger partial charge on any atom is 0.0970 e. The second-order valence-corrected chi connectivity index (χ2v) is 7.77. The zero-order valence-electron chi connectivity index (χ0n) is 17.5. The largest absolute Gasteiger partial charge is 0.256 e. The second-order valence-electron chi connectivity index (χ2n) is 7.77. The molecule has 0 saturated carbocycles. The summed E-state index contributed by atoms with van der Waals surface area (Å²) in [6.07, 6.45) is 0. The van der Waals surface area contributed by atoms with E-state index in [2.05, 4.69) is 92.7 Å². The number of hydrogen-bond donors (Lipinski definition) is 0. The van der Waals surface area contributed by atoms with Crippen LogP contribution in [-0.2, 0) is 0 Å². The van der Waals surface area contributed by atoms with Crippen LogP contribution in [0.5, 0.6) is 0 Å². The minimum Gasteiger partial charge on any atom is -0.256 e. The van der Waals surface area contributed by atoms with Gasteiger partial charge in [-0.2, -0.15) is 0 Å². The van der Waals surface area contributed by atoms with Crippen LogP contribution in [0.2, 0.25) is 0 Å². The number of aromatic nitrogens is 1. The molecule has 1 heterocycles. The Balaban J connectivity index is 2.01. The van der Waals surface area contributed by atoms with Crippen molar-refractivity contribution in [2.45, 2.75) is 33.6 Å². The van der Waals surface area contributed by atoms with Gasteiger partial charge in [-0.1, -0.05) is 79.7 Å². The third-order valence-corrected chi connectivity index (χ3v) is 5.30. The fourth-order valence-electron chi connectivity index (χ4n) is 3.89. The molecule has 29 heavy (non-hydrogen) atoms. The molecule has 0 fully saturated rings. The molecule has 0 bridgehead atoms. The van der Waals surface area contributed by atoms with Gasteiger partial charge in [0, 0.05) is 22.7 Å². The predicted molar refractivity (Wildman–Crippen MR) is 124 cm³/mol. The van der Waals surface area contributed by atoms with E-state index in [0.29, 0.717) is 0 Å². The zero-order chi connectivity index (χ0) is 20.4. The molecule has 4 rings (SSSR count). The van der Waals surface area contributed by atoms with Gasteiger partial charge in [-0.15, -0.1) is 0 Å². The first kappa shape index (κ1) is 19.1. The highest BCUT2D eigenvalue weighted by atomic mass is 14.8.